The van der Waals surface area contributed by atoms with Gasteiger partial charge in [0.25, 0.3) is 0 Å². The molecule has 3 rings (SSSR count). The highest BCUT2D eigenvalue weighted by molar-refractivity contribution is 6.30. The lowest BCUT2D eigenvalue weighted by molar-refractivity contribution is 0.627. The van der Waals surface area contributed by atoms with Gasteiger partial charge in [0.2, 0.25) is 0 Å². The minimum atomic E-state index is -0.421. The molecule has 1 aromatic carbocycles. The summed E-state index contributed by atoms with van der Waals surface area (Å²) in [5, 5.41) is 0.114. The van der Waals surface area contributed by atoms with Crippen molar-refractivity contribution in [2.24, 2.45) is 0 Å². The molecular weight excluding hydrogens is 255 g/mol. The van der Waals surface area contributed by atoms with Crippen molar-refractivity contribution in [3.63, 3.8) is 0 Å². The van der Waals surface area contributed by atoms with E-state index < -0.39 is 5.82 Å². The van der Waals surface area contributed by atoms with Crippen LogP contribution < -0.4 is 0 Å². The second-order valence-electron chi connectivity index (χ2n) is 3.82. The SMILES string of the molecule is Fc1ccc(Cn2cnc3nccnc32)cc1Cl. The van der Waals surface area contributed by atoms with Gasteiger partial charge in [-0.15, -0.1) is 0 Å². The summed E-state index contributed by atoms with van der Waals surface area (Å²) in [6.45, 7) is 0.523. The molecule has 90 valence electrons. The van der Waals surface area contributed by atoms with Gasteiger partial charge in [-0.2, -0.15) is 0 Å². The van der Waals surface area contributed by atoms with Crippen molar-refractivity contribution in [1.82, 2.24) is 19.5 Å². The molecule has 18 heavy (non-hydrogen) atoms. The average Bonchev–Trinajstić information content (AvgIpc) is 2.78. The lowest BCUT2D eigenvalue weighted by atomic mass is 10.2. The van der Waals surface area contributed by atoms with Crippen LogP contribution in [-0.2, 0) is 6.54 Å². The van der Waals surface area contributed by atoms with Crippen molar-refractivity contribution in [3.8, 4) is 0 Å². The van der Waals surface area contributed by atoms with Gasteiger partial charge in [0.05, 0.1) is 17.9 Å². The number of nitrogens with zero attached hydrogens (tertiary/aromatic N) is 4. The zero-order chi connectivity index (χ0) is 12.5. The van der Waals surface area contributed by atoms with E-state index in [-0.39, 0.29) is 5.02 Å². The van der Waals surface area contributed by atoms with Crippen LogP contribution in [0.2, 0.25) is 5.02 Å². The van der Waals surface area contributed by atoms with Crippen LogP contribution in [0.4, 0.5) is 4.39 Å². The van der Waals surface area contributed by atoms with E-state index in [4.69, 9.17) is 11.6 Å². The van der Waals surface area contributed by atoms with Gasteiger partial charge in [-0.1, -0.05) is 17.7 Å². The van der Waals surface area contributed by atoms with Gasteiger partial charge in [-0.3, -0.25) is 0 Å². The first-order valence-corrected chi connectivity index (χ1v) is 5.67. The molecule has 0 bridgehead atoms. The Morgan fingerprint density at radius 3 is 2.83 bits per heavy atom. The van der Waals surface area contributed by atoms with Gasteiger partial charge in [0.15, 0.2) is 11.3 Å². The van der Waals surface area contributed by atoms with Crippen LogP contribution in [0.3, 0.4) is 0 Å². The third kappa shape index (κ3) is 1.93. The molecular formula is C12H8ClFN4. The van der Waals surface area contributed by atoms with Gasteiger partial charge in [-0.25, -0.2) is 19.3 Å². The highest BCUT2D eigenvalue weighted by atomic mass is 35.5. The quantitative estimate of drug-likeness (QED) is 0.713. The first-order chi connectivity index (χ1) is 8.74. The summed E-state index contributed by atoms with van der Waals surface area (Å²) in [5.74, 6) is -0.421. The Morgan fingerprint density at radius 1 is 1.17 bits per heavy atom. The minimum Gasteiger partial charge on any atom is -0.309 e. The predicted molar refractivity (Wildman–Crippen MR) is 65.8 cm³/mol. The minimum absolute atomic E-state index is 0.114. The second kappa shape index (κ2) is 4.34. The van der Waals surface area contributed by atoms with Gasteiger partial charge >= 0.3 is 0 Å². The fraction of sp³-hybridized carbons (Fsp3) is 0.0833. The Hall–Kier alpha value is -2.01. The van der Waals surface area contributed by atoms with Crippen LogP contribution in [0.5, 0.6) is 0 Å². The van der Waals surface area contributed by atoms with Crippen molar-refractivity contribution in [3.05, 3.63) is 53.3 Å². The average molecular weight is 263 g/mol. The lowest BCUT2D eigenvalue weighted by Gasteiger charge is -2.04. The van der Waals surface area contributed by atoms with E-state index in [1.165, 1.54) is 6.07 Å². The van der Waals surface area contributed by atoms with Gasteiger partial charge in [0.1, 0.15) is 5.82 Å². The maximum absolute atomic E-state index is 13.1. The lowest BCUT2D eigenvalue weighted by Crippen LogP contribution is -1.99. The first kappa shape index (κ1) is 11.1. The zero-order valence-corrected chi connectivity index (χ0v) is 9.97. The fourth-order valence-electron chi connectivity index (χ4n) is 1.75. The number of hydrogen-bond donors (Lipinski definition) is 0. The zero-order valence-electron chi connectivity index (χ0n) is 9.22. The van der Waals surface area contributed by atoms with Gasteiger partial charge in [0, 0.05) is 12.4 Å². The van der Waals surface area contributed by atoms with Crippen LogP contribution in [0.1, 0.15) is 5.56 Å². The van der Waals surface area contributed by atoms with Crippen LogP contribution >= 0.6 is 11.6 Å². The molecule has 0 saturated carbocycles. The Bertz CT molecular complexity index is 710. The molecule has 0 saturated heterocycles. The summed E-state index contributed by atoms with van der Waals surface area (Å²) in [4.78, 5) is 12.4. The second-order valence-corrected chi connectivity index (χ2v) is 4.23. The predicted octanol–water partition coefficient (Wildman–Crippen LogP) is 2.67. The molecule has 2 aromatic heterocycles. The Morgan fingerprint density at radius 2 is 2.00 bits per heavy atom. The Balaban J connectivity index is 1.98. The number of rotatable bonds is 2. The molecule has 0 atom stereocenters. The summed E-state index contributed by atoms with van der Waals surface area (Å²) in [6, 6.07) is 4.63. The van der Waals surface area contributed by atoms with E-state index in [0.29, 0.717) is 17.8 Å². The van der Waals surface area contributed by atoms with E-state index in [1.54, 1.807) is 30.9 Å². The van der Waals surface area contributed by atoms with E-state index in [1.807, 2.05) is 4.57 Å². The fourth-order valence-corrected chi connectivity index (χ4v) is 1.95. The molecule has 0 unspecified atom stereocenters. The highest BCUT2D eigenvalue weighted by Gasteiger charge is 2.06. The number of imidazole rings is 1. The maximum atomic E-state index is 13.1. The number of hydrogen-bond acceptors (Lipinski definition) is 3. The standard InChI is InChI=1S/C12H8ClFN4/c13-9-5-8(1-2-10(9)14)6-18-7-17-11-12(18)16-4-3-15-11/h1-5,7H,6H2. The van der Waals surface area contributed by atoms with Crippen LogP contribution in [0, 0.1) is 5.82 Å². The molecule has 0 amide bonds. The van der Waals surface area contributed by atoms with Crippen molar-refractivity contribution < 1.29 is 4.39 Å². The summed E-state index contributed by atoms with van der Waals surface area (Å²) >= 11 is 5.74. The van der Waals surface area contributed by atoms with Crippen molar-refractivity contribution in [1.29, 1.82) is 0 Å². The van der Waals surface area contributed by atoms with Gasteiger partial charge < -0.3 is 4.57 Å². The molecule has 4 nitrogen and oxygen atoms in total. The van der Waals surface area contributed by atoms with Crippen LogP contribution in [0.25, 0.3) is 11.3 Å². The van der Waals surface area contributed by atoms with E-state index >= 15 is 0 Å². The topological polar surface area (TPSA) is 43.6 Å². The molecule has 0 aliphatic carbocycles. The molecule has 0 N–H and O–H groups in total. The summed E-state index contributed by atoms with van der Waals surface area (Å²) in [5.41, 5.74) is 2.16. The van der Waals surface area contributed by atoms with Crippen molar-refractivity contribution in [2.75, 3.05) is 0 Å². The van der Waals surface area contributed by atoms with Crippen LogP contribution in [0.15, 0.2) is 36.9 Å². The number of halogens is 2. The highest BCUT2D eigenvalue weighted by Crippen LogP contribution is 2.17. The molecule has 0 aliphatic heterocycles. The molecule has 3 aromatic rings. The molecule has 0 aliphatic rings. The molecule has 6 heteroatoms. The first-order valence-electron chi connectivity index (χ1n) is 5.30. The molecule has 0 spiro atoms. The molecule has 0 radical (unpaired) electrons. The maximum Gasteiger partial charge on any atom is 0.197 e. The number of benzene rings is 1. The van der Waals surface area contributed by atoms with Crippen molar-refractivity contribution >= 4 is 22.9 Å². The summed E-state index contributed by atoms with van der Waals surface area (Å²) in [6.07, 6.45) is 4.86. The van der Waals surface area contributed by atoms with E-state index in [0.717, 1.165) is 5.56 Å². The normalized spacial score (nSPS) is 11.0. The smallest absolute Gasteiger partial charge is 0.197 e. The molecule has 0 fully saturated rings. The van der Waals surface area contributed by atoms with Gasteiger partial charge in [-0.05, 0) is 17.7 Å². The largest absolute Gasteiger partial charge is 0.309 e. The Labute approximate surface area is 107 Å². The third-order valence-electron chi connectivity index (χ3n) is 2.59. The third-order valence-corrected chi connectivity index (χ3v) is 2.88. The summed E-state index contributed by atoms with van der Waals surface area (Å²) < 4.78 is 14.9. The molecule has 2 heterocycles. The number of fused-ring (bicyclic) bond motifs is 1. The van der Waals surface area contributed by atoms with E-state index in [2.05, 4.69) is 15.0 Å². The summed E-state index contributed by atoms with van der Waals surface area (Å²) in [7, 11) is 0. The number of aromatic nitrogens is 4. The monoisotopic (exact) mass is 262 g/mol. The van der Waals surface area contributed by atoms with Crippen molar-refractivity contribution in [2.45, 2.75) is 6.54 Å². The Kier molecular flexibility index (Phi) is 2.68. The van der Waals surface area contributed by atoms with E-state index in [9.17, 15) is 4.39 Å². The van der Waals surface area contributed by atoms with Crippen LogP contribution in [-0.4, -0.2) is 19.5 Å².